The molecule has 3 heterocycles. The van der Waals surface area contributed by atoms with Crippen LogP contribution in [0.25, 0.3) is 10.9 Å². The molecule has 0 bridgehead atoms. The van der Waals surface area contributed by atoms with Crippen LogP contribution in [0.2, 0.25) is 0 Å². The number of carbonyl (C=O) groups excluding carboxylic acids is 1. The first-order valence-corrected chi connectivity index (χ1v) is 13.6. The highest BCUT2D eigenvalue weighted by atomic mass is 32.2. The Labute approximate surface area is 219 Å². The molecule has 2 unspecified atom stereocenters. The number of nitrogens with zero attached hydrogens (tertiary/aromatic N) is 2. The van der Waals surface area contributed by atoms with Crippen LogP contribution < -0.4 is 24.8 Å². The fourth-order valence-electron chi connectivity index (χ4n) is 5.21. The number of fused-ring (bicyclic) bond motifs is 3. The van der Waals surface area contributed by atoms with Gasteiger partial charge >= 0.3 is 0 Å². The maximum atomic E-state index is 13.0. The van der Waals surface area contributed by atoms with Crippen molar-refractivity contribution in [1.82, 2.24) is 19.9 Å². The fourth-order valence-corrected chi connectivity index (χ4v) is 5.90. The Morgan fingerprint density at radius 1 is 1.16 bits per heavy atom. The Balaban J connectivity index is 1.30. The van der Waals surface area contributed by atoms with Crippen molar-refractivity contribution in [2.75, 3.05) is 31.4 Å². The first kappa shape index (κ1) is 24.2. The van der Waals surface area contributed by atoms with Gasteiger partial charge in [-0.15, -0.1) is 0 Å². The summed E-state index contributed by atoms with van der Waals surface area (Å²) in [6.45, 7) is 2.13. The van der Waals surface area contributed by atoms with E-state index in [1.165, 1.54) is 19.3 Å². The van der Waals surface area contributed by atoms with Gasteiger partial charge in [0.15, 0.2) is 17.4 Å². The number of benzene rings is 2. The van der Waals surface area contributed by atoms with Crippen LogP contribution in [0, 0.1) is 0 Å². The molecule has 12 heteroatoms. The number of aromatic nitrogens is 3. The smallest absolute Gasteiger partial charge is 0.241 e. The monoisotopic (exact) mass is 534 g/mol. The van der Waals surface area contributed by atoms with Gasteiger partial charge in [-0.2, -0.15) is 5.10 Å². The van der Waals surface area contributed by atoms with Gasteiger partial charge in [-0.05, 0) is 61.9 Å². The molecule has 4 aromatic rings. The van der Waals surface area contributed by atoms with Crippen molar-refractivity contribution >= 4 is 44.2 Å². The summed E-state index contributed by atoms with van der Waals surface area (Å²) in [5, 5.41) is 14.4. The third kappa shape index (κ3) is 3.67. The lowest BCUT2D eigenvalue weighted by atomic mass is 9.91. The van der Waals surface area contributed by atoms with Crippen LogP contribution in [-0.4, -0.2) is 50.3 Å². The third-order valence-corrected chi connectivity index (χ3v) is 8.64. The maximum absolute atomic E-state index is 13.0. The lowest BCUT2D eigenvalue weighted by Crippen LogP contribution is -2.21. The summed E-state index contributed by atoms with van der Waals surface area (Å²) in [4.78, 5) is 17.3. The summed E-state index contributed by atoms with van der Waals surface area (Å²) in [7, 11) is -0.718. The number of amides is 1. The van der Waals surface area contributed by atoms with E-state index in [1.54, 1.807) is 14.0 Å². The molecule has 196 valence electrons. The lowest BCUT2D eigenvalue weighted by molar-refractivity contribution is -0.118. The number of H-pyrrole nitrogens is 1. The number of hydrogen-bond acceptors (Lipinski definition) is 8. The highest BCUT2D eigenvalue weighted by molar-refractivity contribution is 7.89. The minimum atomic E-state index is -3.67. The molecule has 1 amide bonds. The van der Waals surface area contributed by atoms with Crippen LogP contribution in [0.1, 0.15) is 30.4 Å². The standard InChI is InChI=1S/C26H26N6O5S/c1-4-37-22-11-16(38(34,35)27-2)13-28-24(22)30-23-17-7-5-14(9-21(17)31-32-23)19-12-26(19)18-10-15(36-3)6-8-20(18)29-25(26)33/h5-11,13,19,27H,4,12H2,1-3H3,(H,29,33)(H2,28,30,31,32). The number of ether oxygens (including phenoxy) is 2. The SMILES string of the molecule is CCOc1cc(S(=O)(=O)NC)cnc1Nc1n[nH]c2cc(C3CC34C(=O)Nc3ccc(OC)cc34)ccc12. The van der Waals surface area contributed by atoms with E-state index in [2.05, 4.69) is 30.5 Å². The van der Waals surface area contributed by atoms with Gasteiger partial charge in [0.1, 0.15) is 10.6 Å². The Kier molecular flexibility index (Phi) is 5.54. The zero-order valence-electron chi connectivity index (χ0n) is 21.0. The molecule has 38 heavy (non-hydrogen) atoms. The van der Waals surface area contributed by atoms with Crippen molar-refractivity contribution in [3.63, 3.8) is 0 Å². The normalized spacial score (nSPS) is 19.9. The highest BCUT2D eigenvalue weighted by Crippen LogP contribution is 2.65. The van der Waals surface area contributed by atoms with E-state index in [-0.39, 0.29) is 22.5 Å². The van der Waals surface area contributed by atoms with Crippen molar-refractivity contribution in [3.8, 4) is 11.5 Å². The molecule has 4 N–H and O–H groups in total. The molecule has 11 nitrogen and oxygen atoms in total. The molecule has 0 saturated heterocycles. The quantitative estimate of drug-likeness (QED) is 0.269. The van der Waals surface area contributed by atoms with E-state index in [0.29, 0.717) is 24.7 Å². The van der Waals surface area contributed by atoms with Gasteiger partial charge in [-0.3, -0.25) is 9.89 Å². The summed E-state index contributed by atoms with van der Waals surface area (Å²) in [5.41, 5.74) is 3.04. The summed E-state index contributed by atoms with van der Waals surface area (Å²) < 4.78 is 37.7. The Morgan fingerprint density at radius 3 is 2.76 bits per heavy atom. The van der Waals surface area contributed by atoms with Gasteiger partial charge in [0.05, 0.1) is 24.6 Å². The molecule has 0 radical (unpaired) electrons. The minimum absolute atomic E-state index is 0.000895. The van der Waals surface area contributed by atoms with Crippen LogP contribution in [0.15, 0.2) is 53.6 Å². The van der Waals surface area contributed by atoms with Gasteiger partial charge in [0.25, 0.3) is 0 Å². The molecule has 1 aliphatic carbocycles. The lowest BCUT2D eigenvalue weighted by Gasteiger charge is -2.12. The molecular formula is C26H26N6O5S. The van der Waals surface area contributed by atoms with Crippen LogP contribution in [0.5, 0.6) is 11.5 Å². The number of aromatic amines is 1. The Morgan fingerprint density at radius 2 is 2.00 bits per heavy atom. The third-order valence-electron chi connectivity index (χ3n) is 7.25. The molecule has 2 aromatic heterocycles. The number of sulfonamides is 1. The van der Waals surface area contributed by atoms with Gasteiger partial charge in [-0.1, -0.05) is 6.07 Å². The van der Waals surface area contributed by atoms with E-state index >= 15 is 0 Å². The van der Waals surface area contributed by atoms with Crippen molar-refractivity contribution in [2.24, 2.45) is 0 Å². The molecule has 1 aliphatic heterocycles. The fraction of sp³-hybridized carbons (Fsp3) is 0.269. The predicted octanol–water partition coefficient (Wildman–Crippen LogP) is 3.39. The molecule has 2 aliphatic rings. The first-order valence-electron chi connectivity index (χ1n) is 12.1. The summed E-state index contributed by atoms with van der Waals surface area (Å²) >= 11 is 0. The maximum Gasteiger partial charge on any atom is 0.241 e. The Hall–Kier alpha value is -4.16. The van der Waals surface area contributed by atoms with E-state index in [1.807, 2.05) is 36.4 Å². The number of rotatable bonds is 8. The van der Waals surface area contributed by atoms with Crippen molar-refractivity contribution in [3.05, 3.63) is 59.8 Å². The van der Waals surface area contributed by atoms with E-state index in [4.69, 9.17) is 9.47 Å². The van der Waals surface area contributed by atoms with Gasteiger partial charge in [0.2, 0.25) is 15.9 Å². The average molecular weight is 535 g/mol. The zero-order valence-corrected chi connectivity index (χ0v) is 21.8. The number of anilines is 3. The van der Waals surface area contributed by atoms with Crippen molar-refractivity contribution < 1.29 is 22.7 Å². The van der Waals surface area contributed by atoms with Gasteiger partial charge in [0, 0.05) is 29.3 Å². The Bertz CT molecular complexity index is 1700. The summed E-state index contributed by atoms with van der Waals surface area (Å²) in [5.74, 6) is 1.92. The largest absolute Gasteiger partial charge is 0.497 e. The van der Waals surface area contributed by atoms with Gasteiger partial charge < -0.3 is 20.1 Å². The van der Waals surface area contributed by atoms with Crippen LogP contribution in [0.3, 0.4) is 0 Å². The molecular weight excluding hydrogens is 508 g/mol. The molecule has 1 spiro atoms. The number of carbonyl (C=O) groups is 1. The van der Waals surface area contributed by atoms with E-state index in [0.717, 1.165) is 33.5 Å². The highest BCUT2D eigenvalue weighted by Gasteiger charge is 2.65. The molecule has 2 aromatic carbocycles. The summed E-state index contributed by atoms with van der Waals surface area (Å²) in [6, 6.07) is 13.1. The second-order valence-electron chi connectivity index (χ2n) is 9.25. The van der Waals surface area contributed by atoms with Crippen LogP contribution in [-0.2, 0) is 20.2 Å². The molecule has 1 saturated carbocycles. The average Bonchev–Trinajstić information content (AvgIpc) is 3.47. The number of pyridine rings is 1. The minimum Gasteiger partial charge on any atom is -0.497 e. The molecule has 2 atom stereocenters. The molecule has 6 rings (SSSR count). The van der Waals surface area contributed by atoms with Crippen molar-refractivity contribution in [2.45, 2.75) is 29.6 Å². The van der Waals surface area contributed by atoms with E-state index < -0.39 is 15.4 Å². The number of methoxy groups -OCH3 is 1. The van der Waals surface area contributed by atoms with Crippen LogP contribution >= 0.6 is 0 Å². The second-order valence-corrected chi connectivity index (χ2v) is 11.1. The van der Waals surface area contributed by atoms with Crippen LogP contribution in [0.4, 0.5) is 17.3 Å². The zero-order chi connectivity index (χ0) is 26.7. The number of nitrogens with one attached hydrogen (secondary N) is 4. The summed E-state index contributed by atoms with van der Waals surface area (Å²) in [6.07, 6.45) is 1.98. The van der Waals surface area contributed by atoms with Crippen molar-refractivity contribution in [1.29, 1.82) is 0 Å². The predicted molar refractivity (Wildman–Crippen MR) is 142 cm³/mol. The number of hydrogen-bond donors (Lipinski definition) is 4. The van der Waals surface area contributed by atoms with Gasteiger partial charge in [-0.25, -0.2) is 18.1 Å². The second kappa shape index (κ2) is 8.71. The first-order chi connectivity index (χ1) is 18.3. The molecule has 1 fully saturated rings. The van der Waals surface area contributed by atoms with E-state index in [9.17, 15) is 13.2 Å². The topological polar surface area (TPSA) is 147 Å².